The molecule has 2 nitrogen and oxygen atoms in total. The van der Waals surface area contributed by atoms with Gasteiger partial charge in [0.25, 0.3) is 0 Å². The van der Waals surface area contributed by atoms with E-state index in [1.165, 1.54) is 45.3 Å². The molecule has 2 heteroatoms. The van der Waals surface area contributed by atoms with Crippen LogP contribution in [0.5, 0.6) is 0 Å². The molecule has 2 unspecified atom stereocenters. The Kier molecular flexibility index (Phi) is 6.50. The van der Waals surface area contributed by atoms with Gasteiger partial charge in [0.1, 0.15) is 0 Å². The summed E-state index contributed by atoms with van der Waals surface area (Å²) in [5, 5.41) is 0. The highest BCUT2D eigenvalue weighted by atomic mass is 15.2. The summed E-state index contributed by atoms with van der Waals surface area (Å²) in [6, 6.07) is 1.79. The Morgan fingerprint density at radius 2 is 1.59 bits per heavy atom. The average Bonchev–Trinajstić information content (AvgIpc) is 2.77. The molecule has 2 saturated heterocycles. The van der Waals surface area contributed by atoms with Crippen molar-refractivity contribution in [2.75, 3.05) is 26.7 Å². The number of hydrogen-bond acceptors (Lipinski definition) is 2. The highest BCUT2D eigenvalue weighted by Crippen LogP contribution is 2.42. The number of hydrogen-bond donors (Lipinski definition) is 0. The van der Waals surface area contributed by atoms with Crippen LogP contribution in [-0.4, -0.2) is 48.6 Å². The first-order valence-electron chi connectivity index (χ1n) is 7.63. The van der Waals surface area contributed by atoms with Crippen LogP contribution in [0.25, 0.3) is 0 Å². The van der Waals surface area contributed by atoms with E-state index >= 15 is 0 Å². The van der Waals surface area contributed by atoms with Crippen LogP contribution in [0.15, 0.2) is 0 Å². The summed E-state index contributed by atoms with van der Waals surface area (Å²) in [6.45, 7) is 12.6. The zero-order chi connectivity index (χ0) is 12.8. The third-order valence-electron chi connectivity index (χ3n) is 4.17. The Hall–Kier alpha value is -0.0800. The van der Waals surface area contributed by atoms with Crippen molar-refractivity contribution < 1.29 is 0 Å². The molecule has 0 spiro atoms. The Morgan fingerprint density at radius 3 is 1.76 bits per heavy atom. The van der Waals surface area contributed by atoms with Gasteiger partial charge < -0.3 is 9.80 Å². The minimum absolute atomic E-state index is 0.775. The second kappa shape index (κ2) is 7.38. The van der Waals surface area contributed by atoms with Crippen molar-refractivity contribution in [3.05, 3.63) is 0 Å². The van der Waals surface area contributed by atoms with Crippen LogP contribution in [0, 0.1) is 5.92 Å². The molecule has 1 saturated carbocycles. The first-order chi connectivity index (χ1) is 8.18. The summed E-state index contributed by atoms with van der Waals surface area (Å²) >= 11 is 0. The van der Waals surface area contributed by atoms with E-state index in [0.29, 0.717) is 0 Å². The van der Waals surface area contributed by atoms with Crippen molar-refractivity contribution in [3.63, 3.8) is 0 Å². The van der Waals surface area contributed by atoms with Gasteiger partial charge in [0, 0.05) is 12.1 Å². The first-order valence-corrected chi connectivity index (χ1v) is 7.63. The van der Waals surface area contributed by atoms with Gasteiger partial charge in [0.15, 0.2) is 0 Å². The normalized spacial score (nSPS) is 31.4. The van der Waals surface area contributed by atoms with Crippen LogP contribution in [-0.2, 0) is 0 Å². The Morgan fingerprint density at radius 1 is 1.00 bits per heavy atom. The zero-order valence-electron chi connectivity index (χ0n) is 12.6. The summed E-state index contributed by atoms with van der Waals surface area (Å²) in [6.07, 6.45) is 5.80. The van der Waals surface area contributed by atoms with Gasteiger partial charge in [-0.3, -0.25) is 0 Å². The second-order valence-corrected chi connectivity index (χ2v) is 5.67. The Labute approximate surface area is 108 Å². The highest BCUT2D eigenvalue weighted by Gasteiger charge is 2.44. The smallest absolute Gasteiger partial charge is 0.0125 e. The molecule has 3 fully saturated rings. The lowest BCUT2D eigenvalue weighted by Crippen LogP contribution is -2.26. The molecule has 2 atom stereocenters. The number of rotatable bonds is 1. The van der Waals surface area contributed by atoms with Gasteiger partial charge in [-0.15, -0.1) is 0 Å². The van der Waals surface area contributed by atoms with Gasteiger partial charge >= 0.3 is 0 Å². The Bertz CT molecular complexity index is 197. The molecule has 3 aliphatic rings. The summed E-state index contributed by atoms with van der Waals surface area (Å²) in [7, 11) is 2.23. The minimum atomic E-state index is 0.775. The molecular weight excluding hydrogens is 208 g/mol. The van der Waals surface area contributed by atoms with E-state index in [9.17, 15) is 0 Å². The maximum absolute atomic E-state index is 2.53. The molecule has 0 aromatic carbocycles. The molecule has 0 radical (unpaired) electrons. The van der Waals surface area contributed by atoms with E-state index in [0.717, 1.165) is 18.0 Å². The highest BCUT2D eigenvalue weighted by molar-refractivity contribution is 4.99. The molecular formula is C15H32N2. The fraction of sp³-hybridized carbons (Fsp3) is 1.00. The van der Waals surface area contributed by atoms with Crippen LogP contribution in [0.2, 0.25) is 0 Å². The molecule has 3 rings (SSSR count). The summed E-state index contributed by atoms with van der Waals surface area (Å²) < 4.78 is 0. The quantitative estimate of drug-likeness (QED) is 0.694. The molecule has 0 amide bonds. The predicted molar refractivity (Wildman–Crippen MR) is 76.4 cm³/mol. The lowest BCUT2D eigenvalue weighted by molar-refractivity contribution is 0.276. The molecule has 1 aliphatic carbocycles. The number of fused-ring (bicyclic) bond motifs is 1. The van der Waals surface area contributed by atoms with Gasteiger partial charge in [0.05, 0.1) is 0 Å². The van der Waals surface area contributed by atoms with Crippen molar-refractivity contribution in [1.82, 2.24) is 9.80 Å². The van der Waals surface area contributed by atoms with Crippen LogP contribution < -0.4 is 0 Å². The first kappa shape index (κ1) is 15.0. The predicted octanol–water partition coefficient (Wildman–Crippen LogP) is 3.23. The van der Waals surface area contributed by atoms with E-state index < -0.39 is 0 Å². The third kappa shape index (κ3) is 4.59. The lowest BCUT2D eigenvalue weighted by Gasteiger charge is -2.18. The van der Waals surface area contributed by atoms with Gasteiger partial charge in [-0.2, -0.15) is 0 Å². The maximum atomic E-state index is 2.53. The summed E-state index contributed by atoms with van der Waals surface area (Å²) in [4.78, 5) is 5.00. The number of nitrogens with zero attached hydrogens (tertiary/aromatic N) is 2. The topological polar surface area (TPSA) is 6.48 Å². The molecule has 0 aromatic heterocycles. The van der Waals surface area contributed by atoms with Crippen molar-refractivity contribution in [2.24, 2.45) is 5.92 Å². The van der Waals surface area contributed by atoms with E-state index in [2.05, 4.69) is 30.7 Å². The van der Waals surface area contributed by atoms with Crippen molar-refractivity contribution in [1.29, 1.82) is 0 Å². The fourth-order valence-electron chi connectivity index (χ4n) is 2.87. The third-order valence-corrected chi connectivity index (χ3v) is 4.17. The van der Waals surface area contributed by atoms with Gasteiger partial charge in [-0.05, 0) is 72.1 Å². The van der Waals surface area contributed by atoms with E-state index in [1.54, 1.807) is 0 Å². The molecule has 102 valence electrons. The maximum Gasteiger partial charge on any atom is 0.0125 e. The Balaban J connectivity index is 0.000000149. The monoisotopic (exact) mass is 240 g/mol. The van der Waals surface area contributed by atoms with Crippen molar-refractivity contribution in [2.45, 2.75) is 65.5 Å². The summed E-state index contributed by atoms with van der Waals surface area (Å²) in [5.74, 6) is 1.12. The van der Waals surface area contributed by atoms with E-state index in [4.69, 9.17) is 0 Å². The molecule has 0 bridgehead atoms. The van der Waals surface area contributed by atoms with Crippen molar-refractivity contribution in [3.8, 4) is 0 Å². The number of likely N-dealkylation sites (tertiary alicyclic amines) is 2. The van der Waals surface area contributed by atoms with E-state index in [1.807, 2.05) is 13.8 Å². The minimum Gasteiger partial charge on any atom is -0.303 e. The van der Waals surface area contributed by atoms with E-state index in [-0.39, 0.29) is 0 Å². The van der Waals surface area contributed by atoms with Crippen LogP contribution in [0.4, 0.5) is 0 Å². The van der Waals surface area contributed by atoms with Gasteiger partial charge in [-0.1, -0.05) is 13.8 Å². The van der Waals surface area contributed by atoms with Crippen LogP contribution >= 0.6 is 0 Å². The van der Waals surface area contributed by atoms with Gasteiger partial charge in [0.2, 0.25) is 0 Å². The molecule has 0 N–H and O–H groups in total. The average molecular weight is 240 g/mol. The van der Waals surface area contributed by atoms with Crippen molar-refractivity contribution >= 4 is 0 Å². The number of piperidine rings is 1. The molecule has 0 aromatic rings. The summed E-state index contributed by atoms with van der Waals surface area (Å²) in [5.41, 5.74) is 0. The largest absolute Gasteiger partial charge is 0.303 e. The zero-order valence-corrected chi connectivity index (χ0v) is 12.6. The second-order valence-electron chi connectivity index (χ2n) is 5.67. The molecule has 17 heavy (non-hydrogen) atoms. The standard InChI is InChI=1S/C7H15N.C6H11N.C2H6/c1-7(2)8-5-3-4-6-8;1-7-3-2-5-4-6(5)7;1-2/h7H,3-6H2,1-2H3;5-6H,2-4H2,1H3;1-2H3. The van der Waals surface area contributed by atoms with Gasteiger partial charge in [-0.25, -0.2) is 0 Å². The van der Waals surface area contributed by atoms with Crippen LogP contribution in [0.1, 0.15) is 53.4 Å². The molecule has 2 heterocycles. The fourth-order valence-corrected chi connectivity index (χ4v) is 2.87. The molecule has 2 aliphatic heterocycles. The van der Waals surface area contributed by atoms with Crippen LogP contribution in [0.3, 0.4) is 0 Å². The SMILES string of the molecule is CC.CC(C)N1CCCC1.CN1CCC2CC21. The lowest BCUT2D eigenvalue weighted by atomic mass is 10.3.